The lowest BCUT2D eigenvalue weighted by Gasteiger charge is -2.31. The van der Waals surface area contributed by atoms with Gasteiger partial charge in [-0.2, -0.15) is 0 Å². The Morgan fingerprint density at radius 1 is 1.30 bits per heavy atom. The normalized spacial score (nSPS) is 17.0. The predicted molar refractivity (Wildman–Crippen MR) is 77.1 cm³/mol. The van der Waals surface area contributed by atoms with Gasteiger partial charge in [0.05, 0.1) is 21.1 Å². The van der Waals surface area contributed by atoms with Gasteiger partial charge < -0.3 is 18.8 Å². The molecular weight excluding hydrogens is 277 g/mol. The van der Waals surface area contributed by atoms with Crippen LogP contribution in [0.25, 0.3) is 0 Å². The molecule has 0 aliphatic rings. The van der Waals surface area contributed by atoms with E-state index in [1.54, 1.807) is 0 Å². The van der Waals surface area contributed by atoms with Crippen molar-refractivity contribution in [2.75, 3.05) is 27.7 Å². The fraction of sp³-hybridized carbons (Fsp3) is 0.571. The first kappa shape index (κ1) is 17.3. The van der Waals surface area contributed by atoms with E-state index in [0.717, 1.165) is 11.1 Å². The van der Waals surface area contributed by atoms with Crippen LogP contribution in [-0.4, -0.2) is 37.1 Å². The molecule has 114 valence electrons. The Kier molecular flexibility index (Phi) is 5.53. The molecule has 0 radical (unpaired) electrons. The largest absolute Gasteiger partial charge is 0.756 e. The van der Waals surface area contributed by atoms with E-state index in [2.05, 4.69) is 13.8 Å². The van der Waals surface area contributed by atoms with Crippen molar-refractivity contribution in [3.8, 4) is 0 Å². The Hall–Kier alpha value is -0.710. The highest BCUT2D eigenvalue weighted by Gasteiger charge is 2.24. The standard InChI is InChI=1S/C14H24NO4P/c1-11(2)12-7-6-8-13(9-12)14(10-15(3,4)5)19-20(16,17)18/h6-9,11,14H,10H2,1-5H3,(H-,16,17,18). The summed E-state index contributed by atoms with van der Waals surface area (Å²) in [5.41, 5.74) is 1.87. The van der Waals surface area contributed by atoms with Gasteiger partial charge in [-0.05, 0) is 17.0 Å². The average molecular weight is 301 g/mol. The molecule has 1 rings (SSSR count). The number of hydrogen-bond donors (Lipinski definition) is 1. The number of benzene rings is 1. The molecule has 5 nitrogen and oxygen atoms in total. The van der Waals surface area contributed by atoms with Crippen LogP contribution in [0.5, 0.6) is 0 Å². The molecule has 2 atom stereocenters. The molecule has 0 amide bonds. The van der Waals surface area contributed by atoms with Crippen molar-refractivity contribution in [1.29, 1.82) is 0 Å². The molecule has 0 saturated carbocycles. The maximum absolute atomic E-state index is 11.1. The van der Waals surface area contributed by atoms with Gasteiger partial charge in [-0.1, -0.05) is 38.1 Å². The van der Waals surface area contributed by atoms with Gasteiger partial charge in [0, 0.05) is 0 Å². The van der Waals surface area contributed by atoms with Gasteiger partial charge in [-0.25, -0.2) is 0 Å². The maximum Gasteiger partial charge on any atom is 0.266 e. The van der Waals surface area contributed by atoms with E-state index in [9.17, 15) is 9.46 Å². The van der Waals surface area contributed by atoms with E-state index in [-0.39, 0.29) is 0 Å². The van der Waals surface area contributed by atoms with E-state index < -0.39 is 13.9 Å². The molecule has 2 unspecified atom stereocenters. The zero-order valence-corrected chi connectivity index (χ0v) is 13.6. The second kappa shape index (κ2) is 6.37. The van der Waals surface area contributed by atoms with Crippen LogP contribution >= 0.6 is 7.82 Å². The fourth-order valence-corrected chi connectivity index (χ4v) is 2.49. The second-order valence-corrected chi connectivity index (χ2v) is 7.51. The molecule has 1 aromatic carbocycles. The summed E-state index contributed by atoms with van der Waals surface area (Å²) >= 11 is 0. The lowest BCUT2D eigenvalue weighted by atomic mass is 9.98. The van der Waals surface area contributed by atoms with Crippen LogP contribution in [-0.2, 0) is 9.09 Å². The monoisotopic (exact) mass is 301 g/mol. The first-order valence-corrected chi connectivity index (χ1v) is 8.10. The molecule has 1 aromatic rings. The van der Waals surface area contributed by atoms with Crippen LogP contribution in [0.15, 0.2) is 24.3 Å². The van der Waals surface area contributed by atoms with Crippen LogP contribution in [0, 0.1) is 0 Å². The van der Waals surface area contributed by atoms with Crippen LogP contribution in [0.1, 0.15) is 37.0 Å². The summed E-state index contributed by atoms with van der Waals surface area (Å²) in [6.45, 7) is 4.58. The third-order valence-electron chi connectivity index (χ3n) is 2.92. The van der Waals surface area contributed by atoms with Gasteiger partial charge in [0.15, 0.2) is 0 Å². The van der Waals surface area contributed by atoms with Gasteiger partial charge in [-0.3, -0.25) is 4.57 Å². The van der Waals surface area contributed by atoms with E-state index in [1.807, 2.05) is 45.4 Å². The summed E-state index contributed by atoms with van der Waals surface area (Å²) < 4.78 is 16.5. The Morgan fingerprint density at radius 3 is 2.30 bits per heavy atom. The zero-order chi connectivity index (χ0) is 15.6. The average Bonchev–Trinajstić information content (AvgIpc) is 2.24. The zero-order valence-electron chi connectivity index (χ0n) is 12.7. The van der Waals surface area contributed by atoms with Gasteiger partial charge in [0.2, 0.25) is 0 Å². The number of nitrogens with zero attached hydrogens (tertiary/aromatic N) is 1. The Balaban J connectivity index is 3.09. The van der Waals surface area contributed by atoms with Crippen molar-refractivity contribution < 1.29 is 23.4 Å². The van der Waals surface area contributed by atoms with Crippen LogP contribution < -0.4 is 4.89 Å². The highest BCUT2D eigenvalue weighted by atomic mass is 31.2. The molecule has 1 N–H and O–H groups in total. The van der Waals surface area contributed by atoms with Gasteiger partial charge in [0.1, 0.15) is 12.6 Å². The number of hydrogen-bond acceptors (Lipinski definition) is 3. The van der Waals surface area contributed by atoms with Gasteiger partial charge >= 0.3 is 0 Å². The second-order valence-electron chi connectivity index (χ2n) is 6.36. The molecular formula is C14H24NO4P. The predicted octanol–water partition coefficient (Wildman–Crippen LogP) is 2.03. The lowest BCUT2D eigenvalue weighted by Crippen LogP contribution is -2.39. The fourth-order valence-electron chi connectivity index (χ4n) is 1.98. The van der Waals surface area contributed by atoms with E-state index >= 15 is 0 Å². The van der Waals surface area contributed by atoms with Crippen molar-refractivity contribution in [3.63, 3.8) is 0 Å². The number of likely N-dealkylation sites (N-methyl/N-ethyl adjacent to an activating group) is 1. The third-order valence-corrected chi connectivity index (χ3v) is 3.44. The quantitative estimate of drug-likeness (QED) is 0.645. The highest BCUT2D eigenvalue weighted by molar-refractivity contribution is 7.44. The third kappa shape index (κ3) is 6.16. The van der Waals surface area contributed by atoms with Gasteiger partial charge in [-0.15, -0.1) is 0 Å². The molecule has 0 fully saturated rings. The highest BCUT2D eigenvalue weighted by Crippen LogP contribution is 2.39. The molecule has 0 bridgehead atoms. The molecule has 20 heavy (non-hydrogen) atoms. The Morgan fingerprint density at radius 2 is 1.85 bits per heavy atom. The summed E-state index contributed by atoms with van der Waals surface area (Å²) in [4.78, 5) is 20.1. The van der Waals surface area contributed by atoms with Crippen molar-refractivity contribution in [2.24, 2.45) is 0 Å². The lowest BCUT2D eigenvalue weighted by molar-refractivity contribution is -0.874. The maximum atomic E-state index is 11.1. The summed E-state index contributed by atoms with van der Waals surface area (Å²) in [6.07, 6.45) is -0.693. The summed E-state index contributed by atoms with van der Waals surface area (Å²) in [7, 11) is 1.05. The molecule has 0 saturated heterocycles. The number of rotatable bonds is 6. The molecule has 6 heteroatoms. The van der Waals surface area contributed by atoms with Crippen molar-refractivity contribution >= 4 is 7.82 Å². The summed E-state index contributed by atoms with van der Waals surface area (Å²) in [6, 6.07) is 7.62. The smallest absolute Gasteiger partial charge is 0.266 e. The Labute approximate surface area is 121 Å². The minimum atomic E-state index is -4.77. The topological polar surface area (TPSA) is 69.6 Å². The molecule has 0 aliphatic heterocycles. The Bertz CT molecular complexity index is 490. The van der Waals surface area contributed by atoms with Crippen molar-refractivity contribution in [1.82, 2.24) is 0 Å². The van der Waals surface area contributed by atoms with Crippen molar-refractivity contribution in [2.45, 2.75) is 25.9 Å². The van der Waals surface area contributed by atoms with Gasteiger partial charge in [0.25, 0.3) is 7.82 Å². The SMILES string of the molecule is CC(C)c1cccc(C(C[N+](C)(C)C)OP(=O)([O-])O)c1. The number of phosphoric acid groups is 1. The van der Waals surface area contributed by atoms with E-state index in [1.165, 1.54) is 0 Å². The molecule has 0 heterocycles. The first-order valence-electron chi connectivity index (χ1n) is 6.60. The number of phosphoric ester groups is 1. The van der Waals surface area contributed by atoms with Crippen LogP contribution in [0.3, 0.4) is 0 Å². The minimum absolute atomic E-state index is 0.341. The number of quaternary nitrogens is 1. The molecule has 0 aliphatic carbocycles. The van der Waals surface area contributed by atoms with E-state index in [0.29, 0.717) is 16.9 Å². The minimum Gasteiger partial charge on any atom is -0.756 e. The first-order chi connectivity index (χ1) is 8.98. The van der Waals surface area contributed by atoms with Crippen LogP contribution in [0.2, 0.25) is 0 Å². The van der Waals surface area contributed by atoms with E-state index in [4.69, 9.17) is 9.42 Å². The van der Waals surface area contributed by atoms with Crippen molar-refractivity contribution in [3.05, 3.63) is 35.4 Å². The van der Waals surface area contributed by atoms with Crippen LogP contribution in [0.4, 0.5) is 0 Å². The molecule has 0 aromatic heterocycles. The summed E-state index contributed by atoms with van der Waals surface area (Å²) in [5, 5.41) is 0. The summed E-state index contributed by atoms with van der Waals surface area (Å²) in [5.74, 6) is 0.341. The molecule has 0 spiro atoms.